The molecular weight excluding hydrogens is 773 g/mol. The molecule has 0 fully saturated rings. The van der Waals surface area contributed by atoms with E-state index in [1.807, 2.05) is 76.4 Å². The number of aromatic nitrogens is 2. The molecule has 0 saturated carbocycles. The first-order valence-corrected chi connectivity index (χ1v) is 19.7. The first kappa shape index (κ1) is 31.1. The largest absolute Gasteiger partial charge is 0.305 e. The Morgan fingerprint density at radius 1 is 0.696 bits per heavy atom. The first-order valence-electron chi connectivity index (χ1n) is 16.4. The Morgan fingerprint density at radius 3 is 2.11 bits per heavy atom. The Kier molecular flexibility index (Phi) is 9.55. The molecule has 0 aliphatic heterocycles. The van der Waals surface area contributed by atoms with Gasteiger partial charge in [-0.05, 0) is 60.9 Å². The fourth-order valence-electron chi connectivity index (χ4n) is 5.46. The molecule has 46 heavy (non-hydrogen) atoms. The summed E-state index contributed by atoms with van der Waals surface area (Å²) in [5.74, 6) is -1.29. The molecule has 7 aromatic rings. The number of rotatable bonds is 5. The molecule has 5 heteroatoms. The maximum absolute atomic E-state index is 8.39. The van der Waals surface area contributed by atoms with Gasteiger partial charge in [-0.2, -0.15) is 11.3 Å². The summed E-state index contributed by atoms with van der Waals surface area (Å²) in [6, 6.07) is 37.6. The fraction of sp³-hybridized carbons (Fsp3) is 0.220. The molecule has 0 amide bonds. The molecule has 0 N–H and O–H groups in total. The third kappa shape index (κ3) is 7.09. The summed E-state index contributed by atoms with van der Waals surface area (Å²) in [5, 5.41) is 6.22. The SMILES string of the molecule is C[Si](C)(C)c1ccc(-c2[c-]cccc2)nc1.[2H]C(C)(C)c1ccnc(-c2[c-]ccc3c2sc2c4ccc(C([2H])(C)C)cc4ccc32)c1.[Ir]. The van der Waals surface area contributed by atoms with Crippen LogP contribution in [0.3, 0.4) is 0 Å². The van der Waals surface area contributed by atoms with Crippen LogP contribution in [0.15, 0.2) is 103 Å². The van der Waals surface area contributed by atoms with Gasteiger partial charge >= 0.3 is 0 Å². The van der Waals surface area contributed by atoms with Gasteiger partial charge in [0.15, 0.2) is 0 Å². The average molecular weight is 815 g/mol. The van der Waals surface area contributed by atoms with Crippen LogP contribution in [0.2, 0.25) is 19.6 Å². The van der Waals surface area contributed by atoms with Crippen molar-refractivity contribution in [1.82, 2.24) is 9.97 Å². The van der Waals surface area contributed by atoms with E-state index in [-0.39, 0.29) is 20.1 Å². The van der Waals surface area contributed by atoms with Gasteiger partial charge in [0.25, 0.3) is 0 Å². The van der Waals surface area contributed by atoms with Gasteiger partial charge in [0.1, 0.15) is 0 Å². The summed E-state index contributed by atoms with van der Waals surface area (Å²) >= 11 is 1.77. The molecule has 3 heterocycles. The molecule has 0 aliphatic carbocycles. The minimum atomic E-state index is -1.23. The zero-order valence-electron chi connectivity index (χ0n) is 29.5. The fourth-order valence-corrected chi connectivity index (χ4v) is 7.83. The van der Waals surface area contributed by atoms with Gasteiger partial charge in [0, 0.05) is 39.9 Å². The van der Waals surface area contributed by atoms with Gasteiger partial charge in [-0.1, -0.05) is 107 Å². The van der Waals surface area contributed by atoms with Crippen LogP contribution >= 0.6 is 11.3 Å². The molecule has 0 saturated heterocycles. The van der Waals surface area contributed by atoms with E-state index in [0.29, 0.717) is 0 Å². The summed E-state index contributed by atoms with van der Waals surface area (Å²) in [7, 11) is -1.23. The van der Waals surface area contributed by atoms with Crippen molar-refractivity contribution in [3.8, 4) is 22.5 Å². The van der Waals surface area contributed by atoms with E-state index in [0.717, 1.165) is 33.6 Å². The molecule has 0 atom stereocenters. The number of fused-ring (bicyclic) bond motifs is 5. The van der Waals surface area contributed by atoms with Gasteiger partial charge in [0.05, 0.1) is 8.07 Å². The van der Waals surface area contributed by atoms with E-state index in [1.54, 1.807) is 17.5 Å². The quantitative estimate of drug-likeness (QED) is 0.128. The van der Waals surface area contributed by atoms with E-state index < -0.39 is 19.9 Å². The van der Waals surface area contributed by atoms with Crippen LogP contribution in [-0.2, 0) is 20.1 Å². The number of thiophene rings is 1. The Labute approximate surface area is 295 Å². The minimum absolute atomic E-state index is 0. The monoisotopic (exact) mass is 815 g/mol. The molecule has 235 valence electrons. The molecule has 0 bridgehead atoms. The Balaban J connectivity index is 0.000000224. The van der Waals surface area contributed by atoms with Gasteiger partial charge in [-0.25, -0.2) is 0 Å². The summed E-state index contributed by atoms with van der Waals surface area (Å²) in [6.45, 7) is 14.6. The van der Waals surface area contributed by atoms with Crippen molar-refractivity contribution >= 4 is 55.5 Å². The number of pyridine rings is 2. The second-order valence-corrected chi connectivity index (χ2v) is 19.1. The van der Waals surface area contributed by atoms with Crippen molar-refractivity contribution in [2.45, 2.75) is 59.1 Å². The minimum Gasteiger partial charge on any atom is -0.305 e. The van der Waals surface area contributed by atoms with Crippen LogP contribution in [0.1, 0.15) is 53.4 Å². The van der Waals surface area contributed by atoms with E-state index in [2.05, 4.69) is 90.3 Å². The van der Waals surface area contributed by atoms with Gasteiger partial charge in [0.2, 0.25) is 0 Å². The van der Waals surface area contributed by atoms with Crippen molar-refractivity contribution in [2.24, 2.45) is 0 Å². The number of nitrogens with zero attached hydrogens (tertiary/aromatic N) is 2. The smallest absolute Gasteiger partial charge is 0.0795 e. The van der Waals surface area contributed by atoms with E-state index >= 15 is 0 Å². The first-order chi connectivity index (χ1) is 22.2. The molecule has 4 aromatic carbocycles. The predicted octanol–water partition coefficient (Wildman–Crippen LogP) is 11.4. The zero-order chi connectivity index (χ0) is 33.6. The molecule has 1 radical (unpaired) electrons. The summed E-state index contributed by atoms with van der Waals surface area (Å²) in [6.07, 6.45) is 3.81. The molecule has 0 unspecified atom stereocenters. The number of benzene rings is 4. The molecular formula is C41H40IrN2SSi-2. The van der Waals surface area contributed by atoms with Crippen molar-refractivity contribution < 1.29 is 22.8 Å². The molecule has 2 nitrogen and oxygen atoms in total. The summed E-state index contributed by atoms with van der Waals surface area (Å²) in [5.41, 5.74) is 5.88. The van der Waals surface area contributed by atoms with Gasteiger partial charge in [-0.15, -0.1) is 59.7 Å². The Morgan fingerprint density at radius 2 is 1.43 bits per heavy atom. The predicted molar refractivity (Wildman–Crippen MR) is 199 cm³/mol. The van der Waals surface area contributed by atoms with Crippen LogP contribution in [0.25, 0.3) is 53.5 Å². The normalized spacial score (nSPS) is 12.7. The molecule has 0 spiro atoms. The number of hydrogen-bond acceptors (Lipinski definition) is 3. The standard InChI is InChI=1S/C27H24NS.C14H16NSi.Ir/c1-16(2)18-8-10-21-20(14-18)9-11-23-22-6-5-7-24(27(22)29-26(21)23)25-15-19(17(3)4)12-13-28-25;1-16(2,3)13-9-10-14(15-11-13)12-7-5-4-6-8-12;/h5-6,8-17H,1-4H3;4-7,9-11H,1-3H3;/q2*-1;/i16D,17D;;. The molecule has 7 rings (SSSR count). The van der Waals surface area contributed by atoms with Gasteiger partial charge in [-0.3, -0.25) is 0 Å². The zero-order valence-corrected chi connectivity index (χ0v) is 31.7. The Bertz CT molecular complexity index is 2190. The third-order valence-electron chi connectivity index (χ3n) is 8.20. The van der Waals surface area contributed by atoms with E-state index in [1.165, 1.54) is 36.1 Å². The van der Waals surface area contributed by atoms with E-state index in [9.17, 15) is 0 Å². The van der Waals surface area contributed by atoms with Gasteiger partial charge < -0.3 is 9.97 Å². The summed E-state index contributed by atoms with van der Waals surface area (Å²) in [4.78, 5) is 9.13. The summed E-state index contributed by atoms with van der Waals surface area (Å²) < 4.78 is 19.2. The molecule has 0 aliphatic rings. The van der Waals surface area contributed by atoms with Crippen LogP contribution in [0.4, 0.5) is 0 Å². The maximum atomic E-state index is 8.39. The third-order valence-corrected chi connectivity index (χ3v) is 11.5. The average Bonchev–Trinajstić information content (AvgIpc) is 3.44. The topological polar surface area (TPSA) is 25.8 Å². The van der Waals surface area contributed by atoms with Crippen LogP contribution in [0.5, 0.6) is 0 Å². The van der Waals surface area contributed by atoms with Crippen LogP contribution in [-0.4, -0.2) is 18.0 Å². The van der Waals surface area contributed by atoms with Crippen LogP contribution < -0.4 is 5.19 Å². The Hall–Kier alpha value is -3.47. The molecule has 3 aromatic heterocycles. The number of hydrogen-bond donors (Lipinski definition) is 0. The maximum Gasteiger partial charge on any atom is 0.0795 e. The second kappa shape index (κ2) is 14.1. The van der Waals surface area contributed by atoms with Crippen molar-refractivity contribution in [3.05, 3.63) is 127 Å². The van der Waals surface area contributed by atoms with E-state index in [4.69, 9.17) is 2.74 Å². The second-order valence-electron chi connectivity index (χ2n) is 13.0. The van der Waals surface area contributed by atoms with Crippen molar-refractivity contribution in [2.75, 3.05) is 0 Å². The van der Waals surface area contributed by atoms with Crippen molar-refractivity contribution in [3.63, 3.8) is 0 Å². The van der Waals surface area contributed by atoms with Crippen LogP contribution in [0, 0.1) is 12.1 Å². The van der Waals surface area contributed by atoms with Crippen molar-refractivity contribution in [1.29, 1.82) is 0 Å².